The van der Waals surface area contributed by atoms with Gasteiger partial charge >= 0.3 is 5.97 Å². The summed E-state index contributed by atoms with van der Waals surface area (Å²) in [5.74, 6) is -0.308. The van der Waals surface area contributed by atoms with E-state index >= 15 is 0 Å². The Morgan fingerprint density at radius 1 is 1.12 bits per heavy atom. The first-order valence-corrected chi connectivity index (χ1v) is 9.15. The number of fused-ring (bicyclic) bond motifs is 1. The topological polar surface area (TPSA) is 81.2 Å². The van der Waals surface area contributed by atoms with Gasteiger partial charge in [-0.25, -0.2) is 14.8 Å². The van der Waals surface area contributed by atoms with Crippen molar-refractivity contribution in [3.05, 3.63) is 35.2 Å². The molecule has 1 aromatic heterocycles. The smallest absolute Gasteiger partial charge is 0.338 e. The molecule has 1 N–H and O–H groups in total. The minimum atomic E-state index is -0.529. The van der Waals surface area contributed by atoms with Crippen molar-refractivity contribution < 1.29 is 14.3 Å². The predicted molar refractivity (Wildman–Crippen MR) is 98.9 cm³/mol. The number of benzene rings is 1. The zero-order valence-electron chi connectivity index (χ0n) is 15.5. The van der Waals surface area contributed by atoms with E-state index in [2.05, 4.69) is 22.2 Å². The van der Waals surface area contributed by atoms with Crippen LogP contribution in [0.5, 0.6) is 0 Å². The lowest BCUT2D eigenvalue weighted by atomic mass is 9.86. The Morgan fingerprint density at radius 3 is 2.54 bits per heavy atom. The monoisotopic (exact) mass is 355 g/mol. The summed E-state index contributed by atoms with van der Waals surface area (Å²) in [7, 11) is 0. The highest BCUT2D eigenvalue weighted by Crippen LogP contribution is 2.23. The van der Waals surface area contributed by atoms with Crippen LogP contribution in [0.3, 0.4) is 0 Å². The van der Waals surface area contributed by atoms with E-state index in [9.17, 15) is 9.59 Å². The summed E-state index contributed by atoms with van der Waals surface area (Å²) in [5, 5.41) is 2.98. The Hall–Kier alpha value is -2.50. The third-order valence-corrected chi connectivity index (χ3v) is 5.10. The summed E-state index contributed by atoms with van der Waals surface area (Å²) in [6.45, 7) is 5.66. The molecule has 1 saturated carbocycles. The summed E-state index contributed by atoms with van der Waals surface area (Å²) < 4.78 is 5.17. The van der Waals surface area contributed by atoms with E-state index in [-0.39, 0.29) is 18.6 Å². The van der Waals surface area contributed by atoms with Crippen LogP contribution in [-0.2, 0) is 9.53 Å². The van der Waals surface area contributed by atoms with Gasteiger partial charge in [-0.2, -0.15) is 0 Å². The maximum absolute atomic E-state index is 12.3. The number of amides is 1. The van der Waals surface area contributed by atoms with Gasteiger partial charge in [0.1, 0.15) is 0 Å². The molecular formula is C20H25N3O3. The summed E-state index contributed by atoms with van der Waals surface area (Å²) >= 11 is 0. The molecule has 2 aromatic rings. The average Bonchev–Trinajstić information content (AvgIpc) is 2.62. The second-order valence-corrected chi connectivity index (χ2v) is 7.11. The lowest BCUT2D eigenvalue weighted by Crippen LogP contribution is -2.42. The van der Waals surface area contributed by atoms with Crippen LogP contribution in [0.2, 0.25) is 0 Å². The molecule has 138 valence electrons. The molecule has 1 aliphatic carbocycles. The van der Waals surface area contributed by atoms with Crippen molar-refractivity contribution >= 4 is 22.9 Å². The first-order valence-electron chi connectivity index (χ1n) is 9.15. The van der Waals surface area contributed by atoms with E-state index in [1.807, 2.05) is 13.8 Å². The maximum atomic E-state index is 12.3. The fraction of sp³-hybridized carbons (Fsp3) is 0.500. The largest absolute Gasteiger partial charge is 0.452 e. The average molecular weight is 355 g/mol. The number of nitrogens with zero attached hydrogens (tertiary/aromatic N) is 2. The molecule has 1 aromatic carbocycles. The molecule has 6 nitrogen and oxygen atoms in total. The summed E-state index contributed by atoms with van der Waals surface area (Å²) in [4.78, 5) is 33.2. The van der Waals surface area contributed by atoms with E-state index in [1.165, 1.54) is 6.42 Å². The van der Waals surface area contributed by atoms with Gasteiger partial charge in [-0.1, -0.05) is 19.8 Å². The number of carbonyl (C=O) groups is 2. The Labute approximate surface area is 153 Å². The van der Waals surface area contributed by atoms with E-state index in [0.717, 1.165) is 36.2 Å². The Bertz CT molecular complexity index is 834. The van der Waals surface area contributed by atoms with Crippen molar-refractivity contribution in [2.45, 2.75) is 52.5 Å². The van der Waals surface area contributed by atoms with Crippen molar-refractivity contribution in [1.82, 2.24) is 15.3 Å². The van der Waals surface area contributed by atoms with Gasteiger partial charge in [-0.15, -0.1) is 0 Å². The van der Waals surface area contributed by atoms with E-state index < -0.39 is 5.97 Å². The fourth-order valence-corrected chi connectivity index (χ4v) is 3.35. The van der Waals surface area contributed by atoms with E-state index in [1.54, 1.807) is 18.2 Å². The SMILES string of the molecule is Cc1nc2ccc(C(=O)OCC(=O)N[C@@H]3CCCC[C@@H]3C)cc2nc1C. The predicted octanol–water partition coefficient (Wildman–Crippen LogP) is 3.10. The van der Waals surface area contributed by atoms with Crippen molar-refractivity contribution in [3.63, 3.8) is 0 Å². The summed E-state index contributed by atoms with van der Waals surface area (Å²) in [6, 6.07) is 5.22. The molecule has 0 radical (unpaired) electrons. The number of carbonyl (C=O) groups excluding carboxylic acids is 2. The van der Waals surface area contributed by atoms with Crippen molar-refractivity contribution in [2.75, 3.05) is 6.61 Å². The number of ether oxygens (including phenoxy) is 1. The number of aryl methyl sites for hydroxylation is 2. The summed E-state index contributed by atoms with van der Waals surface area (Å²) in [6.07, 6.45) is 4.46. The first kappa shape index (κ1) is 18.3. The molecule has 1 aliphatic rings. The number of rotatable bonds is 4. The van der Waals surface area contributed by atoms with Crippen LogP contribution in [0.4, 0.5) is 0 Å². The number of esters is 1. The van der Waals surface area contributed by atoms with Gasteiger partial charge in [0.2, 0.25) is 0 Å². The first-order chi connectivity index (χ1) is 12.4. The molecule has 6 heteroatoms. The van der Waals surface area contributed by atoms with Crippen LogP contribution in [0.25, 0.3) is 11.0 Å². The van der Waals surface area contributed by atoms with Crippen LogP contribution in [0.1, 0.15) is 54.4 Å². The minimum absolute atomic E-state index is 0.178. The second-order valence-electron chi connectivity index (χ2n) is 7.11. The van der Waals surface area contributed by atoms with Crippen molar-refractivity contribution in [2.24, 2.45) is 5.92 Å². The highest BCUT2D eigenvalue weighted by Gasteiger charge is 2.23. The van der Waals surface area contributed by atoms with Crippen molar-refractivity contribution in [1.29, 1.82) is 0 Å². The van der Waals surface area contributed by atoms with Gasteiger partial charge in [-0.05, 0) is 50.8 Å². The van der Waals surface area contributed by atoms with E-state index in [4.69, 9.17) is 4.74 Å². The number of hydrogen-bond acceptors (Lipinski definition) is 5. The molecule has 2 atom stereocenters. The molecule has 1 fully saturated rings. The van der Waals surface area contributed by atoms with Gasteiger partial charge in [0, 0.05) is 6.04 Å². The highest BCUT2D eigenvalue weighted by atomic mass is 16.5. The van der Waals surface area contributed by atoms with Gasteiger partial charge in [-0.3, -0.25) is 4.79 Å². The van der Waals surface area contributed by atoms with Crippen LogP contribution in [0.15, 0.2) is 18.2 Å². The van der Waals surface area contributed by atoms with Gasteiger partial charge < -0.3 is 10.1 Å². The van der Waals surface area contributed by atoms with Gasteiger partial charge in [0.05, 0.1) is 28.0 Å². The van der Waals surface area contributed by atoms with Gasteiger partial charge in [0.25, 0.3) is 5.91 Å². The third kappa shape index (κ3) is 4.18. The van der Waals surface area contributed by atoms with Crippen LogP contribution in [0, 0.1) is 19.8 Å². The van der Waals surface area contributed by atoms with E-state index in [0.29, 0.717) is 17.0 Å². The number of nitrogens with one attached hydrogen (secondary N) is 1. The molecule has 0 spiro atoms. The third-order valence-electron chi connectivity index (χ3n) is 5.10. The lowest BCUT2D eigenvalue weighted by Gasteiger charge is -2.29. The quantitative estimate of drug-likeness (QED) is 0.852. The van der Waals surface area contributed by atoms with Crippen LogP contribution >= 0.6 is 0 Å². The molecule has 26 heavy (non-hydrogen) atoms. The summed E-state index contributed by atoms with van der Waals surface area (Å²) in [5.41, 5.74) is 3.43. The standard InChI is InChI=1S/C20H25N3O3/c1-12-6-4-5-7-16(12)23-19(24)11-26-20(25)15-8-9-17-18(10-15)22-14(3)13(2)21-17/h8-10,12,16H,4-7,11H2,1-3H3,(H,23,24)/t12-,16+/m0/s1. The Kier molecular flexibility index (Phi) is 5.49. The zero-order valence-corrected chi connectivity index (χ0v) is 15.5. The Morgan fingerprint density at radius 2 is 1.81 bits per heavy atom. The Balaban J connectivity index is 1.60. The number of aromatic nitrogens is 2. The fourth-order valence-electron chi connectivity index (χ4n) is 3.35. The van der Waals surface area contributed by atoms with Crippen LogP contribution in [-0.4, -0.2) is 34.5 Å². The zero-order chi connectivity index (χ0) is 18.7. The lowest BCUT2D eigenvalue weighted by molar-refractivity contribution is -0.125. The van der Waals surface area contributed by atoms with Crippen LogP contribution < -0.4 is 5.32 Å². The second kappa shape index (κ2) is 7.81. The normalized spacial score (nSPS) is 20.0. The maximum Gasteiger partial charge on any atom is 0.338 e. The minimum Gasteiger partial charge on any atom is -0.452 e. The molecular weight excluding hydrogens is 330 g/mol. The molecule has 1 heterocycles. The molecule has 3 rings (SSSR count). The molecule has 0 unspecified atom stereocenters. The molecule has 1 amide bonds. The van der Waals surface area contributed by atoms with Crippen molar-refractivity contribution in [3.8, 4) is 0 Å². The highest BCUT2D eigenvalue weighted by molar-refractivity contribution is 5.94. The van der Waals surface area contributed by atoms with Gasteiger partial charge in [0.15, 0.2) is 6.61 Å². The molecule has 0 saturated heterocycles. The number of hydrogen-bond donors (Lipinski definition) is 1. The molecule has 0 aliphatic heterocycles. The molecule has 0 bridgehead atoms.